The SMILES string of the molecule is CC(=O)CCNC(=O)C(CC(C)=O)SCCCCOc1ccc(C=N)cc1. The Morgan fingerprint density at radius 3 is 2.44 bits per heavy atom. The lowest BCUT2D eigenvalue weighted by molar-refractivity contribution is -0.124. The topological polar surface area (TPSA) is 96.3 Å². The van der Waals surface area contributed by atoms with Gasteiger partial charge in [0.05, 0.1) is 11.9 Å². The first-order chi connectivity index (χ1) is 12.9. The first-order valence-corrected chi connectivity index (χ1v) is 10.1. The van der Waals surface area contributed by atoms with Gasteiger partial charge in [-0.05, 0) is 62.3 Å². The summed E-state index contributed by atoms with van der Waals surface area (Å²) in [5.74, 6) is 1.35. The van der Waals surface area contributed by atoms with E-state index in [1.165, 1.54) is 31.8 Å². The highest BCUT2D eigenvalue weighted by Crippen LogP contribution is 2.18. The van der Waals surface area contributed by atoms with Gasteiger partial charge in [0.25, 0.3) is 0 Å². The second-order valence-corrected chi connectivity index (χ2v) is 7.59. The van der Waals surface area contributed by atoms with Crippen LogP contribution in [0.25, 0.3) is 0 Å². The summed E-state index contributed by atoms with van der Waals surface area (Å²) in [5.41, 5.74) is 0.830. The maximum absolute atomic E-state index is 12.2. The molecule has 6 nitrogen and oxygen atoms in total. The number of amides is 1. The predicted octanol–water partition coefficient (Wildman–Crippen LogP) is 3.02. The largest absolute Gasteiger partial charge is 0.494 e. The van der Waals surface area contributed by atoms with Gasteiger partial charge in [-0.15, -0.1) is 11.8 Å². The average molecular weight is 393 g/mol. The number of hydrogen-bond donors (Lipinski definition) is 2. The van der Waals surface area contributed by atoms with Crippen LogP contribution in [0, 0.1) is 5.41 Å². The van der Waals surface area contributed by atoms with Gasteiger partial charge in [0.2, 0.25) is 5.91 Å². The molecule has 0 heterocycles. The molecule has 0 fully saturated rings. The van der Waals surface area contributed by atoms with Gasteiger partial charge in [-0.2, -0.15) is 0 Å². The number of thioether (sulfide) groups is 1. The Morgan fingerprint density at radius 1 is 1.15 bits per heavy atom. The average Bonchev–Trinajstić information content (AvgIpc) is 2.63. The van der Waals surface area contributed by atoms with Gasteiger partial charge in [0, 0.05) is 25.6 Å². The molecular formula is C20H28N2O4S. The highest BCUT2D eigenvalue weighted by molar-refractivity contribution is 8.00. The molecule has 0 aromatic heterocycles. The molecule has 7 heteroatoms. The summed E-state index contributed by atoms with van der Waals surface area (Å²) in [7, 11) is 0. The van der Waals surface area contributed by atoms with Crippen LogP contribution in [0.5, 0.6) is 5.75 Å². The van der Waals surface area contributed by atoms with Gasteiger partial charge >= 0.3 is 0 Å². The molecule has 1 aromatic rings. The summed E-state index contributed by atoms with van der Waals surface area (Å²) in [5, 5.41) is 9.47. The Morgan fingerprint density at radius 2 is 1.85 bits per heavy atom. The van der Waals surface area contributed by atoms with E-state index < -0.39 is 5.25 Å². The van der Waals surface area contributed by atoms with Gasteiger partial charge in [-0.1, -0.05) is 0 Å². The van der Waals surface area contributed by atoms with E-state index in [1.807, 2.05) is 24.3 Å². The fourth-order valence-electron chi connectivity index (χ4n) is 2.24. The summed E-state index contributed by atoms with van der Waals surface area (Å²) in [6, 6.07) is 7.33. The third-order valence-corrected chi connectivity index (χ3v) is 5.02. The molecule has 0 spiro atoms. The molecule has 0 aliphatic heterocycles. The smallest absolute Gasteiger partial charge is 0.233 e. The number of Topliss-reactive ketones (excluding diaryl/α,β-unsaturated/α-hetero) is 2. The molecule has 148 valence electrons. The van der Waals surface area contributed by atoms with Crippen LogP contribution in [0.4, 0.5) is 0 Å². The van der Waals surface area contributed by atoms with E-state index in [1.54, 1.807) is 0 Å². The molecule has 1 atom stereocenters. The van der Waals surface area contributed by atoms with Crippen molar-refractivity contribution in [2.45, 2.75) is 44.8 Å². The molecule has 0 bridgehead atoms. The summed E-state index contributed by atoms with van der Waals surface area (Å²) in [4.78, 5) is 34.5. The van der Waals surface area contributed by atoms with Gasteiger partial charge in [-0.25, -0.2) is 0 Å². The molecule has 0 saturated heterocycles. The maximum atomic E-state index is 12.2. The zero-order valence-corrected chi connectivity index (χ0v) is 16.8. The molecule has 1 amide bonds. The van der Waals surface area contributed by atoms with E-state index in [0.29, 0.717) is 19.6 Å². The maximum Gasteiger partial charge on any atom is 0.233 e. The summed E-state index contributed by atoms with van der Waals surface area (Å²) < 4.78 is 5.65. The minimum absolute atomic E-state index is 0.0223. The molecule has 0 radical (unpaired) electrons. The molecule has 0 aliphatic rings. The van der Waals surface area contributed by atoms with Crippen LogP contribution >= 0.6 is 11.8 Å². The van der Waals surface area contributed by atoms with Gasteiger partial charge < -0.3 is 15.5 Å². The summed E-state index contributed by atoms with van der Waals surface area (Å²) >= 11 is 1.47. The number of ketones is 2. The monoisotopic (exact) mass is 392 g/mol. The van der Waals surface area contributed by atoms with Crippen LogP contribution < -0.4 is 10.1 Å². The lowest BCUT2D eigenvalue weighted by Gasteiger charge is -2.15. The Bertz CT molecular complexity index is 631. The van der Waals surface area contributed by atoms with Gasteiger partial charge in [0.15, 0.2) is 0 Å². The van der Waals surface area contributed by atoms with Crippen LogP contribution in [-0.2, 0) is 14.4 Å². The van der Waals surface area contributed by atoms with Crippen molar-refractivity contribution in [2.75, 3.05) is 18.9 Å². The fourth-order valence-corrected chi connectivity index (χ4v) is 3.49. The molecule has 1 unspecified atom stereocenters. The van der Waals surface area contributed by atoms with Crippen molar-refractivity contribution in [3.8, 4) is 5.75 Å². The Balaban J connectivity index is 2.27. The second kappa shape index (κ2) is 13.1. The Labute approximate surface area is 164 Å². The lowest BCUT2D eigenvalue weighted by atomic mass is 10.2. The van der Waals surface area contributed by atoms with Crippen molar-refractivity contribution in [3.63, 3.8) is 0 Å². The zero-order valence-electron chi connectivity index (χ0n) is 16.0. The van der Waals surface area contributed by atoms with Crippen molar-refractivity contribution in [1.82, 2.24) is 5.32 Å². The summed E-state index contributed by atoms with van der Waals surface area (Å²) in [6.07, 6.45) is 3.51. The number of rotatable bonds is 14. The predicted molar refractivity (Wildman–Crippen MR) is 109 cm³/mol. The van der Waals surface area contributed by atoms with E-state index in [2.05, 4.69) is 5.32 Å². The van der Waals surface area contributed by atoms with E-state index in [9.17, 15) is 14.4 Å². The third-order valence-electron chi connectivity index (χ3n) is 3.71. The molecule has 1 aromatic carbocycles. The van der Waals surface area contributed by atoms with Crippen LogP contribution in [0.1, 0.15) is 45.1 Å². The number of ether oxygens (including phenoxy) is 1. The molecule has 2 N–H and O–H groups in total. The number of hydrogen-bond acceptors (Lipinski definition) is 6. The van der Waals surface area contributed by atoms with E-state index in [0.717, 1.165) is 29.9 Å². The third kappa shape index (κ3) is 10.6. The van der Waals surface area contributed by atoms with Crippen LogP contribution in [0.3, 0.4) is 0 Å². The fraction of sp³-hybridized carbons (Fsp3) is 0.500. The molecule has 27 heavy (non-hydrogen) atoms. The van der Waals surface area contributed by atoms with Crippen LogP contribution in [-0.4, -0.2) is 47.8 Å². The molecular weight excluding hydrogens is 364 g/mol. The van der Waals surface area contributed by atoms with Crippen molar-refractivity contribution < 1.29 is 19.1 Å². The number of nitrogens with one attached hydrogen (secondary N) is 2. The molecule has 0 aliphatic carbocycles. The van der Waals surface area contributed by atoms with Crippen LogP contribution in [0.15, 0.2) is 24.3 Å². The minimum Gasteiger partial charge on any atom is -0.494 e. The van der Waals surface area contributed by atoms with E-state index >= 15 is 0 Å². The van der Waals surface area contributed by atoms with Crippen molar-refractivity contribution >= 4 is 35.5 Å². The highest BCUT2D eigenvalue weighted by Gasteiger charge is 2.20. The standard InChI is InChI=1S/C20H28N2O4S/c1-15(23)9-10-22-20(25)19(13-16(2)24)27-12-4-3-11-26-18-7-5-17(14-21)6-8-18/h5-8,14,19,21H,3-4,9-13H2,1-2H3,(H,22,25). The number of carbonyl (C=O) groups excluding carboxylic acids is 3. The first kappa shape index (κ1) is 22.9. The van der Waals surface area contributed by atoms with E-state index in [4.69, 9.17) is 10.1 Å². The van der Waals surface area contributed by atoms with Crippen molar-refractivity contribution in [3.05, 3.63) is 29.8 Å². The normalized spacial score (nSPS) is 11.5. The van der Waals surface area contributed by atoms with Crippen molar-refractivity contribution in [1.29, 1.82) is 5.41 Å². The van der Waals surface area contributed by atoms with E-state index in [-0.39, 0.29) is 23.9 Å². The number of unbranched alkanes of at least 4 members (excludes halogenated alkanes) is 1. The number of benzene rings is 1. The Hall–Kier alpha value is -2.15. The van der Waals surface area contributed by atoms with Gasteiger partial charge in [-0.3, -0.25) is 14.4 Å². The quantitative estimate of drug-likeness (QED) is 0.375. The van der Waals surface area contributed by atoms with Crippen molar-refractivity contribution in [2.24, 2.45) is 0 Å². The second-order valence-electron chi connectivity index (χ2n) is 6.28. The lowest BCUT2D eigenvalue weighted by Crippen LogP contribution is -2.35. The first-order valence-electron chi connectivity index (χ1n) is 9.04. The van der Waals surface area contributed by atoms with Gasteiger partial charge in [0.1, 0.15) is 17.3 Å². The number of carbonyl (C=O) groups is 3. The zero-order chi connectivity index (χ0) is 20.1. The minimum atomic E-state index is -0.413. The summed E-state index contributed by atoms with van der Waals surface area (Å²) in [6.45, 7) is 3.85. The highest BCUT2D eigenvalue weighted by atomic mass is 32.2. The van der Waals surface area contributed by atoms with Crippen LogP contribution in [0.2, 0.25) is 0 Å². The Kier molecular flexibility index (Phi) is 11.1. The molecule has 1 rings (SSSR count). The molecule has 0 saturated carbocycles.